The summed E-state index contributed by atoms with van der Waals surface area (Å²) in [4.78, 5) is 22.6. The van der Waals surface area contributed by atoms with Gasteiger partial charge in [-0.25, -0.2) is 5.43 Å². The van der Waals surface area contributed by atoms with Crippen LogP contribution in [0.3, 0.4) is 0 Å². The summed E-state index contributed by atoms with van der Waals surface area (Å²) in [6, 6.07) is 22.0. The number of halogens is 1. The van der Waals surface area contributed by atoms with E-state index in [0.717, 1.165) is 32.1 Å². The third-order valence-electron chi connectivity index (χ3n) is 4.99. The van der Waals surface area contributed by atoms with E-state index in [9.17, 15) is 14.9 Å². The van der Waals surface area contributed by atoms with Crippen LogP contribution in [0.2, 0.25) is 0 Å². The Kier molecular flexibility index (Phi) is 6.42. The van der Waals surface area contributed by atoms with Crippen molar-refractivity contribution in [3.8, 4) is 0 Å². The molecular formula is C24H19BrN4O3. The highest BCUT2D eigenvalue weighted by Crippen LogP contribution is 2.22. The fourth-order valence-electron chi connectivity index (χ4n) is 3.43. The third kappa shape index (κ3) is 5.09. The Morgan fingerprint density at radius 1 is 1.03 bits per heavy atom. The maximum Gasteiger partial charge on any atom is 0.269 e. The number of non-ortho nitro benzene ring substituents is 1. The molecule has 32 heavy (non-hydrogen) atoms. The molecule has 0 aliphatic heterocycles. The molecule has 8 heteroatoms. The second-order valence-corrected chi connectivity index (χ2v) is 8.17. The van der Waals surface area contributed by atoms with E-state index in [1.165, 1.54) is 12.1 Å². The predicted molar refractivity (Wildman–Crippen MR) is 128 cm³/mol. The van der Waals surface area contributed by atoms with Gasteiger partial charge in [0, 0.05) is 45.8 Å². The topological polar surface area (TPSA) is 89.5 Å². The summed E-state index contributed by atoms with van der Waals surface area (Å²) in [5.74, 6) is -0.196. The SMILES string of the molecule is O=C(Cc1ccc(Br)cc1)N/N=C\c1cn(Cc2ccc([N+](=O)[O-])cc2)c2ccccc12. The number of benzene rings is 3. The molecule has 0 unspecified atom stereocenters. The lowest BCUT2D eigenvalue weighted by Gasteiger charge is -2.05. The Bertz CT molecular complexity index is 1300. The van der Waals surface area contributed by atoms with Gasteiger partial charge in [0.15, 0.2) is 0 Å². The van der Waals surface area contributed by atoms with Crippen LogP contribution in [0.4, 0.5) is 5.69 Å². The number of nitro groups is 1. The lowest BCUT2D eigenvalue weighted by molar-refractivity contribution is -0.384. The number of fused-ring (bicyclic) bond motifs is 1. The van der Waals surface area contributed by atoms with Gasteiger partial charge in [-0.05, 0) is 29.3 Å². The van der Waals surface area contributed by atoms with Crippen LogP contribution in [0.1, 0.15) is 16.7 Å². The van der Waals surface area contributed by atoms with E-state index in [4.69, 9.17) is 0 Å². The number of amides is 1. The van der Waals surface area contributed by atoms with E-state index in [1.54, 1.807) is 18.3 Å². The molecule has 1 amide bonds. The number of hydrogen-bond donors (Lipinski definition) is 1. The van der Waals surface area contributed by atoms with Crippen LogP contribution in [-0.2, 0) is 17.8 Å². The third-order valence-corrected chi connectivity index (χ3v) is 5.52. The predicted octanol–water partition coefficient (Wildman–Crippen LogP) is 5.05. The van der Waals surface area contributed by atoms with E-state index in [-0.39, 0.29) is 18.0 Å². The average Bonchev–Trinajstić information content (AvgIpc) is 3.13. The number of nitro benzene ring substituents is 1. The quantitative estimate of drug-likeness (QED) is 0.223. The molecule has 1 heterocycles. The zero-order chi connectivity index (χ0) is 22.5. The summed E-state index contributed by atoms with van der Waals surface area (Å²) in [6.07, 6.45) is 3.83. The Morgan fingerprint density at radius 2 is 1.72 bits per heavy atom. The molecule has 1 N–H and O–H groups in total. The molecule has 0 atom stereocenters. The van der Waals surface area contributed by atoms with E-state index in [1.807, 2.05) is 54.7 Å². The average molecular weight is 491 g/mol. The molecule has 4 rings (SSSR count). The van der Waals surface area contributed by atoms with Crippen LogP contribution in [0.15, 0.2) is 88.6 Å². The Labute approximate surface area is 192 Å². The van der Waals surface area contributed by atoms with Crippen molar-refractivity contribution >= 4 is 44.6 Å². The molecule has 7 nitrogen and oxygen atoms in total. The molecule has 0 saturated carbocycles. The van der Waals surface area contributed by atoms with Gasteiger partial charge in [-0.2, -0.15) is 5.10 Å². The lowest BCUT2D eigenvalue weighted by Crippen LogP contribution is -2.19. The zero-order valence-corrected chi connectivity index (χ0v) is 18.5. The molecule has 0 saturated heterocycles. The van der Waals surface area contributed by atoms with Gasteiger partial charge in [-0.3, -0.25) is 14.9 Å². The number of carbonyl (C=O) groups excluding carboxylic acids is 1. The largest absolute Gasteiger partial charge is 0.342 e. The normalized spacial score (nSPS) is 11.2. The van der Waals surface area contributed by atoms with Gasteiger partial charge in [-0.15, -0.1) is 0 Å². The highest BCUT2D eigenvalue weighted by atomic mass is 79.9. The van der Waals surface area contributed by atoms with Crippen LogP contribution in [0, 0.1) is 10.1 Å². The highest BCUT2D eigenvalue weighted by molar-refractivity contribution is 9.10. The zero-order valence-electron chi connectivity index (χ0n) is 16.9. The summed E-state index contributed by atoms with van der Waals surface area (Å²) in [7, 11) is 0. The number of rotatable bonds is 7. The Balaban J connectivity index is 1.48. The fraction of sp³-hybridized carbons (Fsp3) is 0.0833. The summed E-state index contributed by atoms with van der Waals surface area (Å²) in [5, 5.41) is 16.0. The maximum atomic E-state index is 12.2. The van der Waals surface area contributed by atoms with Crippen LogP contribution in [0.5, 0.6) is 0 Å². The van der Waals surface area contributed by atoms with Crippen molar-refractivity contribution in [1.29, 1.82) is 0 Å². The molecule has 0 radical (unpaired) electrons. The molecule has 0 spiro atoms. The second-order valence-electron chi connectivity index (χ2n) is 7.25. The molecule has 160 valence electrons. The maximum absolute atomic E-state index is 12.2. The smallest absolute Gasteiger partial charge is 0.269 e. The number of para-hydroxylation sites is 1. The van der Waals surface area contributed by atoms with Gasteiger partial charge in [0.25, 0.3) is 5.69 Å². The van der Waals surface area contributed by atoms with Gasteiger partial charge in [0.1, 0.15) is 0 Å². The van der Waals surface area contributed by atoms with E-state index < -0.39 is 4.92 Å². The van der Waals surface area contributed by atoms with Crippen molar-refractivity contribution in [2.45, 2.75) is 13.0 Å². The minimum Gasteiger partial charge on any atom is -0.342 e. The number of carbonyl (C=O) groups is 1. The number of hydrogen-bond acceptors (Lipinski definition) is 4. The molecular weight excluding hydrogens is 472 g/mol. The van der Waals surface area contributed by atoms with E-state index >= 15 is 0 Å². The first-order chi connectivity index (χ1) is 15.5. The van der Waals surface area contributed by atoms with Crippen molar-refractivity contribution in [3.63, 3.8) is 0 Å². The van der Waals surface area contributed by atoms with Gasteiger partial charge >= 0.3 is 0 Å². The van der Waals surface area contributed by atoms with Crippen LogP contribution < -0.4 is 5.43 Å². The molecule has 0 fully saturated rings. The monoisotopic (exact) mass is 490 g/mol. The van der Waals surface area contributed by atoms with Crippen LogP contribution in [-0.4, -0.2) is 21.6 Å². The molecule has 0 aliphatic rings. The van der Waals surface area contributed by atoms with Crippen molar-refractivity contribution in [2.75, 3.05) is 0 Å². The summed E-state index contributed by atoms with van der Waals surface area (Å²) in [6.45, 7) is 0.558. The van der Waals surface area contributed by atoms with Gasteiger partial charge < -0.3 is 4.57 Å². The minimum atomic E-state index is -0.408. The van der Waals surface area contributed by atoms with Crippen LogP contribution >= 0.6 is 15.9 Å². The van der Waals surface area contributed by atoms with Gasteiger partial charge in [0.05, 0.1) is 17.6 Å². The number of hydrazone groups is 1. The minimum absolute atomic E-state index is 0.0674. The number of aromatic nitrogens is 1. The standard InChI is InChI=1S/C24H19BrN4O3/c25-20-9-5-17(6-10-20)13-24(30)27-26-14-19-16-28(23-4-2-1-3-22(19)23)15-18-7-11-21(12-8-18)29(31)32/h1-12,14,16H,13,15H2,(H,27,30)/b26-14-. The number of nitrogens with one attached hydrogen (secondary N) is 1. The summed E-state index contributed by atoms with van der Waals surface area (Å²) >= 11 is 3.38. The molecule has 0 bridgehead atoms. The highest BCUT2D eigenvalue weighted by Gasteiger charge is 2.09. The van der Waals surface area contributed by atoms with E-state index in [0.29, 0.717) is 6.54 Å². The first-order valence-electron chi connectivity index (χ1n) is 9.87. The fourth-order valence-corrected chi connectivity index (χ4v) is 3.69. The first kappa shape index (κ1) is 21.5. The molecule has 3 aromatic carbocycles. The molecule has 1 aromatic heterocycles. The van der Waals surface area contributed by atoms with Crippen molar-refractivity contribution in [2.24, 2.45) is 5.10 Å². The van der Waals surface area contributed by atoms with Crippen LogP contribution in [0.25, 0.3) is 10.9 Å². The van der Waals surface area contributed by atoms with Gasteiger partial charge in [-0.1, -0.05) is 58.4 Å². The Morgan fingerprint density at radius 3 is 2.44 bits per heavy atom. The van der Waals surface area contributed by atoms with Crippen molar-refractivity contribution in [3.05, 3.63) is 110 Å². The van der Waals surface area contributed by atoms with E-state index in [2.05, 4.69) is 31.0 Å². The lowest BCUT2D eigenvalue weighted by atomic mass is 10.1. The summed E-state index contributed by atoms with van der Waals surface area (Å²) in [5.41, 5.74) is 6.37. The first-order valence-corrected chi connectivity index (χ1v) is 10.7. The van der Waals surface area contributed by atoms with Crippen molar-refractivity contribution in [1.82, 2.24) is 9.99 Å². The summed E-state index contributed by atoms with van der Waals surface area (Å²) < 4.78 is 3.02. The van der Waals surface area contributed by atoms with Crippen molar-refractivity contribution < 1.29 is 9.72 Å². The Hall–Kier alpha value is -3.78. The van der Waals surface area contributed by atoms with Gasteiger partial charge in [0.2, 0.25) is 5.91 Å². The number of nitrogens with zero attached hydrogens (tertiary/aromatic N) is 3. The molecule has 4 aromatic rings. The second kappa shape index (κ2) is 9.57. The molecule has 0 aliphatic carbocycles.